The summed E-state index contributed by atoms with van der Waals surface area (Å²) in [6.07, 6.45) is 1.01. The van der Waals surface area contributed by atoms with E-state index in [4.69, 9.17) is 24.2 Å². The molecule has 8 aromatic rings. The molecule has 2 heterocycles. The third kappa shape index (κ3) is 6.62. The van der Waals surface area contributed by atoms with Gasteiger partial charge >= 0.3 is 11.9 Å². The van der Waals surface area contributed by atoms with E-state index >= 15 is 4.79 Å². The lowest BCUT2D eigenvalue weighted by molar-refractivity contribution is -0.160. The highest BCUT2D eigenvalue weighted by atomic mass is 16.6. The van der Waals surface area contributed by atoms with E-state index < -0.39 is 35.3 Å². The fourth-order valence-corrected chi connectivity index (χ4v) is 12.1. The molecule has 8 nitrogen and oxygen atoms in total. The third-order valence-electron chi connectivity index (χ3n) is 14.8. The predicted octanol–water partition coefficient (Wildman–Crippen LogP) is 14.0. The van der Waals surface area contributed by atoms with Crippen LogP contribution in [0.2, 0.25) is 0 Å². The van der Waals surface area contributed by atoms with E-state index in [0.717, 1.165) is 51.2 Å². The number of ether oxygens (including phenoxy) is 3. The Labute approximate surface area is 390 Å². The zero-order chi connectivity index (χ0) is 46.4. The highest BCUT2D eigenvalue weighted by Crippen LogP contribution is 2.64. The Balaban J connectivity index is 1.04. The molecule has 2 fully saturated rings. The smallest absolute Gasteiger partial charge is 0.345 e. The van der Waals surface area contributed by atoms with Crippen molar-refractivity contribution in [3.8, 4) is 28.0 Å². The van der Waals surface area contributed by atoms with Crippen LogP contribution in [0.25, 0.3) is 65.6 Å². The number of aliphatic carboxylic acids is 1. The van der Waals surface area contributed by atoms with Crippen molar-refractivity contribution < 1.29 is 28.9 Å². The van der Waals surface area contributed by atoms with E-state index in [1.165, 1.54) is 39.4 Å². The van der Waals surface area contributed by atoms with Crippen LogP contribution in [0.15, 0.2) is 103 Å². The molecule has 1 N–H and O–H groups in total. The van der Waals surface area contributed by atoms with E-state index in [9.17, 15) is 9.90 Å². The van der Waals surface area contributed by atoms with E-state index in [0.29, 0.717) is 62.7 Å². The molecule has 6 aromatic carbocycles. The number of carboxylic acid groups (broad SMARTS) is 1. The Morgan fingerprint density at radius 1 is 0.567 bits per heavy atom. The van der Waals surface area contributed by atoms with E-state index in [2.05, 4.69) is 66.7 Å². The van der Waals surface area contributed by atoms with Gasteiger partial charge < -0.3 is 19.3 Å². The first kappa shape index (κ1) is 41.9. The number of rotatable bonds is 9. The van der Waals surface area contributed by atoms with E-state index in [1.807, 2.05) is 85.7 Å². The molecule has 0 aliphatic heterocycles. The Kier molecular flexibility index (Phi) is 9.23. The summed E-state index contributed by atoms with van der Waals surface area (Å²) in [4.78, 5) is 38.8. The molecule has 336 valence electrons. The van der Waals surface area contributed by atoms with Gasteiger partial charge in [0.1, 0.15) is 5.75 Å². The summed E-state index contributed by atoms with van der Waals surface area (Å²) in [5.41, 5.74) is 11.3. The number of esters is 1. The zero-order valence-electron chi connectivity index (χ0n) is 39.3. The van der Waals surface area contributed by atoms with Crippen LogP contribution in [0.1, 0.15) is 141 Å². The largest absolute Gasteiger partial charge is 0.479 e. The number of carbonyl (C=O) groups excluding carboxylic acids is 1. The molecule has 8 heteroatoms. The molecule has 0 spiro atoms. The molecule has 67 heavy (non-hydrogen) atoms. The Bertz CT molecular complexity index is 3440. The molecule has 0 radical (unpaired) electrons. The molecule has 0 saturated heterocycles. The number of hydrogen-bond acceptors (Lipinski definition) is 7. The molecule has 6 unspecified atom stereocenters. The van der Waals surface area contributed by atoms with Gasteiger partial charge in [0, 0.05) is 38.9 Å². The van der Waals surface area contributed by atoms with Crippen LogP contribution in [0.3, 0.4) is 0 Å². The van der Waals surface area contributed by atoms with Gasteiger partial charge in [-0.1, -0.05) is 78.9 Å². The normalized spacial score (nSPS) is 19.9. The van der Waals surface area contributed by atoms with Crippen LogP contribution in [0, 0.1) is 13.8 Å². The second-order valence-corrected chi connectivity index (χ2v) is 21.3. The number of para-hydroxylation sites is 1. The number of hydrogen-bond donors (Lipinski definition) is 1. The van der Waals surface area contributed by atoms with Crippen LogP contribution < -0.4 is 4.74 Å². The molecular weight excluding hydrogens is 833 g/mol. The summed E-state index contributed by atoms with van der Waals surface area (Å²) >= 11 is 0. The summed E-state index contributed by atoms with van der Waals surface area (Å²) in [6, 6.07) is 35.6. The summed E-state index contributed by atoms with van der Waals surface area (Å²) in [7, 11) is 0. The molecule has 4 aliphatic carbocycles. The Morgan fingerprint density at radius 3 is 1.64 bits per heavy atom. The molecule has 2 saturated carbocycles. The number of fused-ring (bicyclic) bond motifs is 8. The van der Waals surface area contributed by atoms with Crippen molar-refractivity contribution in [2.24, 2.45) is 0 Å². The highest BCUT2D eigenvalue weighted by Gasteiger charge is 2.47. The Morgan fingerprint density at radius 2 is 1.06 bits per heavy atom. The number of carboxylic acids is 1. The SMILES string of the molecule is Cc1nc2ccc(OC(=O)C(OC(C)(C)C)c3c(C)nc4ccccc4c3-c3ccc4c5c(cccc35)C3CC43)cc2c(-c2ccc3c4c(cccc24)C2CCC32)c1C(OC(C)(C)C)C(=O)O. The van der Waals surface area contributed by atoms with E-state index in [-0.39, 0.29) is 5.75 Å². The summed E-state index contributed by atoms with van der Waals surface area (Å²) in [5, 5.41) is 17.3. The van der Waals surface area contributed by atoms with Gasteiger partial charge in [0.05, 0.1) is 22.2 Å². The first-order valence-electron chi connectivity index (χ1n) is 23.8. The molecular formula is C59H54N2O6. The lowest BCUT2D eigenvalue weighted by Gasteiger charge is -2.31. The first-order valence-corrected chi connectivity index (χ1v) is 23.8. The van der Waals surface area contributed by atoms with Crippen molar-refractivity contribution in [1.29, 1.82) is 0 Å². The predicted molar refractivity (Wildman–Crippen MR) is 264 cm³/mol. The lowest BCUT2D eigenvalue weighted by Crippen LogP contribution is -2.31. The average Bonchev–Trinajstić information content (AvgIpc) is 3.95. The number of aryl methyl sites for hydroxylation is 2. The van der Waals surface area contributed by atoms with Gasteiger partial charge in [0.25, 0.3) is 0 Å². The quantitative estimate of drug-likeness (QED) is 0.113. The standard InChI is InChI=1S/C59H54N2O6/c1-29-48(54(56(62)63)66-58(3,4)5)53(40-23-22-38-33-21-20-32(33)34-14-11-15-36(40)50(34)38)45-27-31(19-26-47(45)61-29)65-57(64)55(67-59(6,7)8)49-30(2)60-46-18-10-9-13-42(46)52(49)39-24-25-41-44-28-43(44)37-17-12-16-35(39)51(37)41/h9-19,22-27,32-33,43-44,54-55H,20-21,28H2,1-8H3,(H,62,63). The number of pyridine rings is 2. The third-order valence-corrected chi connectivity index (χ3v) is 14.8. The zero-order valence-corrected chi connectivity index (χ0v) is 39.3. The van der Waals surface area contributed by atoms with Gasteiger partial charge in [-0.15, -0.1) is 0 Å². The van der Waals surface area contributed by atoms with Crippen LogP contribution >= 0.6 is 0 Å². The molecule has 12 rings (SSSR count). The molecule has 0 amide bonds. The van der Waals surface area contributed by atoms with Crippen LogP contribution in [-0.4, -0.2) is 38.2 Å². The van der Waals surface area contributed by atoms with Gasteiger partial charge in [0.15, 0.2) is 12.2 Å². The monoisotopic (exact) mass is 886 g/mol. The molecule has 4 aliphatic rings. The summed E-state index contributed by atoms with van der Waals surface area (Å²) < 4.78 is 19.8. The van der Waals surface area contributed by atoms with E-state index in [1.54, 1.807) is 6.07 Å². The number of nitrogens with zero attached hydrogens (tertiary/aromatic N) is 2. The summed E-state index contributed by atoms with van der Waals surface area (Å²) in [6.45, 7) is 15.2. The average molecular weight is 887 g/mol. The number of carbonyl (C=O) groups is 2. The molecule has 2 aromatic heterocycles. The van der Waals surface area contributed by atoms with Gasteiger partial charge in [-0.25, -0.2) is 9.59 Å². The Hall–Kier alpha value is -6.48. The van der Waals surface area contributed by atoms with Gasteiger partial charge in [0.2, 0.25) is 0 Å². The van der Waals surface area contributed by atoms with Crippen LogP contribution in [-0.2, 0) is 19.1 Å². The maximum Gasteiger partial charge on any atom is 0.345 e. The van der Waals surface area contributed by atoms with Crippen LogP contribution in [0.4, 0.5) is 0 Å². The first-order chi connectivity index (χ1) is 32.0. The van der Waals surface area contributed by atoms with Crippen LogP contribution in [0.5, 0.6) is 5.75 Å². The van der Waals surface area contributed by atoms with Crippen molar-refractivity contribution in [3.63, 3.8) is 0 Å². The van der Waals surface area contributed by atoms with Gasteiger partial charge in [-0.05, 0) is 183 Å². The second kappa shape index (κ2) is 14.8. The van der Waals surface area contributed by atoms with Crippen molar-refractivity contribution in [3.05, 3.63) is 148 Å². The van der Waals surface area contributed by atoms with Gasteiger partial charge in [-0.3, -0.25) is 9.97 Å². The van der Waals surface area contributed by atoms with Crippen molar-refractivity contribution in [2.45, 2.75) is 122 Å². The molecule has 6 atom stereocenters. The maximum absolute atomic E-state index is 15.3. The minimum atomic E-state index is -1.33. The highest BCUT2D eigenvalue weighted by molar-refractivity contribution is 6.11. The fraction of sp³-hybridized carbons (Fsp3) is 0.322. The fourth-order valence-electron chi connectivity index (χ4n) is 12.1. The second-order valence-electron chi connectivity index (χ2n) is 21.3. The lowest BCUT2D eigenvalue weighted by atomic mass is 9.72. The topological polar surface area (TPSA) is 108 Å². The van der Waals surface area contributed by atoms with Crippen molar-refractivity contribution in [2.75, 3.05) is 0 Å². The van der Waals surface area contributed by atoms with Crippen molar-refractivity contribution in [1.82, 2.24) is 9.97 Å². The number of aromatic nitrogens is 2. The molecule has 0 bridgehead atoms. The summed E-state index contributed by atoms with van der Waals surface area (Å²) in [5.74, 6) is 0.719. The maximum atomic E-state index is 15.3. The minimum absolute atomic E-state index is 0.281. The van der Waals surface area contributed by atoms with Crippen molar-refractivity contribution >= 4 is 55.3 Å². The number of benzene rings is 6. The minimum Gasteiger partial charge on any atom is -0.479 e. The van der Waals surface area contributed by atoms with Gasteiger partial charge in [-0.2, -0.15) is 0 Å².